The van der Waals surface area contributed by atoms with Crippen molar-refractivity contribution < 1.29 is 14.3 Å². The number of carbonyl (C=O) groups excluding carboxylic acids is 2. The third-order valence-electron chi connectivity index (χ3n) is 5.80. The SMILES string of the molecule is CC(C)(C)OC(=O)NCCC(=O)NC1CC2CC1C1CCCC21. The monoisotopic (exact) mass is 322 g/mol. The maximum atomic E-state index is 12.1. The van der Waals surface area contributed by atoms with Gasteiger partial charge in [-0.2, -0.15) is 0 Å². The van der Waals surface area contributed by atoms with E-state index in [4.69, 9.17) is 4.74 Å². The highest BCUT2D eigenvalue weighted by atomic mass is 16.6. The summed E-state index contributed by atoms with van der Waals surface area (Å²) < 4.78 is 5.16. The average Bonchev–Trinajstić information content (AvgIpc) is 3.07. The van der Waals surface area contributed by atoms with Crippen LogP contribution in [0.2, 0.25) is 0 Å². The summed E-state index contributed by atoms with van der Waals surface area (Å²) >= 11 is 0. The van der Waals surface area contributed by atoms with Crippen molar-refractivity contribution in [2.45, 2.75) is 70.9 Å². The third-order valence-corrected chi connectivity index (χ3v) is 5.80. The van der Waals surface area contributed by atoms with Crippen molar-refractivity contribution >= 4 is 12.0 Å². The van der Waals surface area contributed by atoms with Gasteiger partial charge in [-0.3, -0.25) is 4.79 Å². The van der Waals surface area contributed by atoms with E-state index in [0.717, 1.165) is 24.2 Å². The molecule has 2 amide bonds. The third kappa shape index (κ3) is 3.81. The number of fused-ring (bicyclic) bond motifs is 5. The second kappa shape index (κ2) is 6.33. The number of hydrogen-bond acceptors (Lipinski definition) is 3. The van der Waals surface area contributed by atoms with Gasteiger partial charge in [0.15, 0.2) is 0 Å². The second-order valence-electron chi connectivity index (χ2n) is 8.51. The molecule has 0 saturated heterocycles. The van der Waals surface area contributed by atoms with Crippen molar-refractivity contribution in [2.75, 3.05) is 6.54 Å². The summed E-state index contributed by atoms with van der Waals surface area (Å²) in [4.78, 5) is 23.7. The molecule has 5 heteroatoms. The minimum absolute atomic E-state index is 0.0492. The largest absolute Gasteiger partial charge is 0.444 e. The molecular formula is C18H30N2O3. The van der Waals surface area contributed by atoms with Gasteiger partial charge >= 0.3 is 6.09 Å². The van der Waals surface area contributed by atoms with Crippen LogP contribution in [0.15, 0.2) is 0 Å². The highest BCUT2D eigenvalue weighted by Crippen LogP contribution is 2.58. The van der Waals surface area contributed by atoms with Crippen LogP contribution in [0.3, 0.4) is 0 Å². The van der Waals surface area contributed by atoms with Crippen LogP contribution in [0, 0.1) is 23.7 Å². The topological polar surface area (TPSA) is 67.4 Å². The number of alkyl carbamates (subject to hydrolysis) is 1. The molecule has 23 heavy (non-hydrogen) atoms. The molecule has 5 unspecified atom stereocenters. The number of carbonyl (C=O) groups is 2. The number of hydrogen-bond donors (Lipinski definition) is 2. The first-order valence-electron chi connectivity index (χ1n) is 9.10. The lowest BCUT2D eigenvalue weighted by molar-refractivity contribution is -0.122. The minimum atomic E-state index is -0.507. The molecule has 2 bridgehead atoms. The Labute approximate surface area is 138 Å². The molecule has 0 heterocycles. The van der Waals surface area contributed by atoms with E-state index < -0.39 is 11.7 Å². The van der Waals surface area contributed by atoms with Crippen molar-refractivity contribution in [3.63, 3.8) is 0 Å². The molecule has 0 aromatic heterocycles. The molecule has 0 radical (unpaired) electrons. The van der Waals surface area contributed by atoms with Gasteiger partial charge in [0.2, 0.25) is 5.91 Å². The molecule has 3 saturated carbocycles. The summed E-state index contributed by atoms with van der Waals surface area (Å²) in [6, 6.07) is 0.369. The Bertz CT molecular complexity index is 471. The van der Waals surface area contributed by atoms with Gasteiger partial charge in [-0.25, -0.2) is 4.79 Å². The molecule has 3 fully saturated rings. The van der Waals surface area contributed by atoms with Crippen LogP contribution < -0.4 is 10.6 Å². The van der Waals surface area contributed by atoms with E-state index >= 15 is 0 Å². The zero-order valence-corrected chi connectivity index (χ0v) is 14.6. The fourth-order valence-corrected chi connectivity index (χ4v) is 5.11. The normalized spacial score (nSPS) is 35.0. The summed E-state index contributed by atoms with van der Waals surface area (Å²) in [6.07, 6.45) is 6.49. The smallest absolute Gasteiger partial charge is 0.407 e. The van der Waals surface area contributed by atoms with Crippen LogP contribution in [0.5, 0.6) is 0 Å². The predicted octanol–water partition coefficient (Wildman–Crippen LogP) is 2.84. The second-order valence-corrected chi connectivity index (χ2v) is 8.51. The molecule has 0 aromatic carbocycles. The first kappa shape index (κ1) is 16.6. The molecule has 3 aliphatic carbocycles. The van der Waals surface area contributed by atoms with Crippen LogP contribution in [0.4, 0.5) is 4.79 Å². The van der Waals surface area contributed by atoms with Gasteiger partial charge in [0, 0.05) is 19.0 Å². The van der Waals surface area contributed by atoms with Gasteiger partial charge in [0.1, 0.15) is 5.60 Å². The highest BCUT2D eigenvalue weighted by molar-refractivity contribution is 5.77. The molecule has 0 spiro atoms. The molecular weight excluding hydrogens is 292 g/mol. The lowest BCUT2D eigenvalue weighted by atomic mass is 9.79. The fourth-order valence-electron chi connectivity index (χ4n) is 5.11. The van der Waals surface area contributed by atoms with E-state index in [-0.39, 0.29) is 5.91 Å². The summed E-state index contributed by atoms with van der Waals surface area (Å²) in [5, 5.41) is 5.86. The van der Waals surface area contributed by atoms with E-state index in [1.807, 2.05) is 20.8 Å². The van der Waals surface area contributed by atoms with Crippen LogP contribution in [-0.4, -0.2) is 30.2 Å². The summed E-state index contributed by atoms with van der Waals surface area (Å²) in [6.45, 7) is 5.80. The van der Waals surface area contributed by atoms with Crippen LogP contribution >= 0.6 is 0 Å². The standard InChI is InChI=1S/C18H30N2O3/c1-18(2,3)23-17(22)19-8-7-16(21)20-15-10-11-9-14(15)13-6-4-5-12(11)13/h11-15H,4-10H2,1-3H3,(H,19,22)(H,20,21). The van der Waals surface area contributed by atoms with Crippen molar-refractivity contribution in [3.05, 3.63) is 0 Å². The lowest BCUT2D eigenvalue weighted by Gasteiger charge is -2.32. The highest BCUT2D eigenvalue weighted by Gasteiger charge is 2.53. The van der Waals surface area contributed by atoms with Crippen molar-refractivity contribution in [1.29, 1.82) is 0 Å². The van der Waals surface area contributed by atoms with Gasteiger partial charge in [0.05, 0.1) is 0 Å². The number of amides is 2. The molecule has 5 nitrogen and oxygen atoms in total. The Morgan fingerprint density at radius 2 is 1.83 bits per heavy atom. The predicted molar refractivity (Wildman–Crippen MR) is 87.8 cm³/mol. The van der Waals surface area contributed by atoms with Crippen LogP contribution in [-0.2, 0) is 9.53 Å². The zero-order chi connectivity index (χ0) is 16.6. The maximum absolute atomic E-state index is 12.1. The zero-order valence-electron chi connectivity index (χ0n) is 14.6. The number of nitrogens with one attached hydrogen (secondary N) is 2. The maximum Gasteiger partial charge on any atom is 0.407 e. The molecule has 2 N–H and O–H groups in total. The molecule has 5 atom stereocenters. The van der Waals surface area contributed by atoms with Crippen LogP contribution in [0.1, 0.15) is 59.3 Å². The first-order valence-corrected chi connectivity index (χ1v) is 9.10. The Balaban J connectivity index is 1.37. The molecule has 3 rings (SSSR count). The van der Waals surface area contributed by atoms with E-state index in [0.29, 0.717) is 24.9 Å². The van der Waals surface area contributed by atoms with Gasteiger partial charge in [0.25, 0.3) is 0 Å². The van der Waals surface area contributed by atoms with E-state index in [1.165, 1.54) is 25.7 Å². The van der Waals surface area contributed by atoms with E-state index in [1.54, 1.807) is 0 Å². The summed E-state index contributed by atoms with van der Waals surface area (Å²) in [7, 11) is 0. The van der Waals surface area contributed by atoms with Gasteiger partial charge in [-0.05, 0) is 70.1 Å². The first-order chi connectivity index (χ1) is 10.8. The molecule has 130 valence electrons. The molecule has 0 aliphatic heterocycles. The minimum Gasteiger partial charge on any atom is -0.444 e. The molecule has 0 aromatic rings. The quantitative estimate of drug-likeness (QED) is 0.836. The van der Waals surface area contributed by atoms with E-state index in [2.05, 4.69) is 10.6 Å². The average molecular weight is 322 g/mol. The Morgan fingerprint density at radius 3 is 2.57 bits per heavy atom. The van der Waals surface area contributed by atoms with Gasteiger partial charge in [-0.15, -0.1) is 0 Å². The number of rotatable bonds is 4. The van der Waals surface area contributed by atoms with Gasteiger partial charge < -0.3 is 15.4 Å². The fraction of sp³-hybridized carbons (Fsp3) is 0.889. The summed E-state index contributed by atoms with van der Waals surface area (Å²) in [5.74, 6) is 3.40. The lowest BCUT2D eigenvalue weighted by Crippen LogP contribution is -2.43. The van der Waals surface area contributed by atoms with Crippen molar-refractivity contribution in [2.24, 2.45) is 23.7 Å². The van der Waals surface area contributed by atoms with Gasteiger partial charge in [-0.1, -0.05) is 6.42 Å². The summed E-state index contributed by atoms with van der Waals surface area (Å²) in [5.41, 5.74) is -0.507. The number of ether oxygens (including phenoxy) is 1. The Hall–Kier alpha value is -1.26. The van der Waals surface area contributed by atoms with Crippen molar-refractivity contribution in [3.8, 4) is 0 Å². The Kier molecular flexibility index (Phi) is 4.56. The Morgan fingerprint density at radius 1 is 1.09 bits per heavy atom. The van der Waals surface area contributed by atoms with Crippen molar-refractivity contribution in [1.82, 2.24) is 10.6 Å². The van der Waals surface area contributed by atoms with E-state index in [9.17, 15) is 9.59 Å². The van der Waals surface area contributed by atoms with Crippen LogP contribution in [0.25, 0.3) is 0 Å². The molecule has 3 aliphatic rings.